The molecule has 0 heterocycles. The molecule has 0 aromatic heterocycles. The fourth-order valence-electron chi connectivity index (χ4n) is 2.32. The van der Waals surface area contributed by atoms with Crippen molar-refractivity contribution in [3.05, 3.63) is 0 Å². The Morgan fingerprint density at radius 3 is 2.22 bits per heavy atom. The number of halogens is 1. The van der Waals surface area contributed by atoms with Crippen LogP contribution in [-0.2, 0) is 0 Å². The lowest BCUT2D eigenvalue weighted by atomic mass is 9.76. The first-order valence-corrected chi connectivity index (χ1v) is 3.76. The van der Waals surface area contributed by atoms with Crippen LogP contribution in [0.2, 0.25) is 0 Å². The summed E-state index contributed by atoms with van der Waals surface area (Å²) in [5, 5.41) is 0. The number of rotatable bonds is 1. The van der Waals surface area contributed by atoms with Gasteiger partial charge in [-0.1, -0.05) is 13.8 Å². The average Bonchev–Trinajstić information content (AvgIpc) is 2.10. The lowest BCUT2D eigenvalue weighted by Crippen LogP contribution is -2.20. The molecule has 0 radical (unpaired) electrons. The van der Waals surface area contributed by atoms with Crippen molar-refractivity contribution in [2.45, 2.75) is 33.1 Å². The molecule has 0 aromatic carbocycles. The van der Waals surface area contributed by atoms with Crippen LogP contribution in [-0.4, -0.2) is 0 Å². The van der Waals surface area contributed by atoms with Gasteiger partial charge in [-0.2, -0.15) is 0 Å². The molecule has 0 amide bonds. The lowest BCUT2D eigenvalue weighted by molar-refractivity contribution is 0.210. The maximum atomic E-state index is 2.37. The zero-order valence-corrected chi connectivity index (χ0v) is 6.18. The molecular weight excluding hydrogens is 115 g/mol. The topological polar surface area (TPSA) is 0 Å². The Morgan fingerprint density at radius 1 is 1.56 bits per heavy atom. The van der Waals surface area contributed by atoms with E-state index in [0.29, 0.717) is 0 Å². The minimum Gasteiger partial charge on any atom is -0.269 e. The molecule has 1 unspecified atom stereocenters. The molecule has 2 aliphatic rings. The highest BCUT2D eigenvalue weighted by Gasteiger charge is 2.61. The van der Waals surface area contributed by atoms with Gasteiger partial charge < -0.3 is 0 Å². The summed E-state index contributed by atoms with van der Waals surface area (Å²) in [4.78, 5) is 0. The van der Waals surface area contributed by atoms with Gasteiger partial charge in [0.25, 0.3) is 0 Å². The fraction of sp³-hybridized carbons (Fsp3) is 1.00. The molecule has 0 spiro atoms. The van der Waals surface area contributed by atoms with Crippen molar-refractivity contribution in [2.24, 2.45) is 17.3 Å². The third-order valence-corrected chi connectivity index (χ3v) is 3.39. The zero-order valence-electron chi connectivity index (χ0n) is 6.18. The van der Waals surface area contributed by atoms with Crippen LogP contribution < -0.4 is 0 Å². The van der Waals surface area contributed by atoms with Crippen LogP contribution in [0.1, 0.15) is 34.5 Å². The zero-order chi connectivity index (χ0) is 5.78. The molecule has 56 valence electrons. The predicted octanol–water partition coefficient (Wildman–Crippen LogP) is 2.84. The maximum Gasteiger partial charge on any atom is 0 e. The first kappa shape index (κ1) is 7.04. The highest BCUT2D eigenvalue weighted by atomic mass is 19.0. The normalized spacial score (nSPS) is 45.0. The van der Waals surface area contributed by atoms with Gasteiger partial charge in [-0.05, 0) is 36.5 Å². The molecule has 0 saturated heterocycles. The summed E-state index contributed by atoms with van der Waals surface area (Å²) in [6.45, 7) is 4.75. The molecule has 0 aromatic rings. The summed E-state index contributed by atoms with van der Waals surface area (Å²) < 4.78 is 0. The minimum atomic E-state index is 0. The van der Waals surface area contributed by atoms with Crippen LogP contribution in [0.15, 0.2) is 0 Å². The molecule has 0 nitrogen and oxygen atoms in total. The SMILES string of the molecule is CC(C)[C@@]12CCC1C2.F.[HH]. The maximum absolute atomic E-state index is 2.37. The lowest BCUT2D eigenvalue weighted by Gasteiger charge is -2.29. The smallest absolute Gasteiger partial charge is 0 e. The summed E-state index contributed by atoms with van der Waals surface area (Å²) in [5.74, 6) is 2.14. The van der Waals surface area contributed by atoms with E-state index in [1.807, 2.05) is 0 Å². The van der Waals surface area contributed by atoms with Crippen LogP contribution in [0.5, 0.6) is 0 Å². The van der Waals surface area contributed by atoms with E-state index in [9.17, 15) is 0 Å². The van der Waals surface area contributed by atoms with E-state index in [1.165, 1.54) is 18.8 Å². The number of hydrogen-bond donors (Lipinski definition) is 0. The number of hydrogen-bond acceptors (Lipinski definition) is 0. The Bertz CT molecular complexity index is 120. The van der Waals surface area contributed by atoms with Gasteiger partial charge in [-0.15, -0.1) is 0 Å². The van der Waals surface area contributed by atoms with Crippen LogP contribution in [0.25, 0.3) is 0 Å². The summed E-state index contributed by atoms with van der Waals surface area (Å²) >= 11 is 0. The van der Waals surface area contributed by atoms with Gasteiger partial charge in [0.15, 0.2) is 0 Å². The van der Waals surface area contributed by atoms with Gasteiger partial charge in [-0.25, -0.2) is 0 Å². The highest BCUT2D eigenvalue weighted by Crippen LogP contribution is 2.71. The van der Waals surface area contributed by atoms with Crippen molar-refractivity contribution >= 4 is 0 Å². The Balaban J connectivity index is 0.000000405. The van der Waals surface area contributed by atoms with Crippen molar-refractivity contribution in [3.63, 3.8) is 0 Å². The van der Waals surface area contributed by atoms with E-state index in [2.05, 4.69) is 13.8 Å². The van der Waals surface area contributed by atoms with Crippen LogP contribution in [0, 0.1) is 17.3 Å². The molecule has 0 aliphatic heterocycles. The second-order valence-electron chi connectivity index (χ2n) is 3.83. The first-order chi connectivity index (χ1) is 3.76. The van der Waals surface area contributed by atoms with Gasteiger partial charge in [0.2, 0.25) is 0 Å². The minimum absolute atomic E-state index is 0. The van der Waals surface area contributed by atoms with Gasteiger partial charge in [0.05, 0.1) is 0 Å². The summed E-state index contributed by atoms with van der Waals surface area (Å²) in [7, 11) is 0. The number of fused-ring (bicyclic) bond motifs is 1. The van der Waals surface area contributed by atoms with Crippen molar-refractivity contribution < 1.29 is 6.13 Å². The Hall–Kier alpha value is -0.0700. The van der Waals surface area contributed by atoms with E-state index in [1.54, 1.807) is 6.42 Å². The first-order valence-electron chi connectivity index (χ1n) is 3.76. The molecule has 0 N–H and O–H groups in total. The largest absolute Gasteiger partial charge is 0.269 e. The summed E-state index contributed by atoms with van der Waals surface area (Å²) in [6, 6.07) is 0. The molecule has 2 saturated carbocycles. The Labute approximate surface area is 57.5 Å². The van der Waals surface area contributed by atoms with Crippen molar-refractivity contribution in [2.75, 3.05) is 0 Å². The molecule has 9 heavy (non-hydrogen) atoms. The van der Waals surface area contributed by atoms with E-state index in [0.717, 1.165) is 11.3 Å². The summed E-state index contributed by atoms with van der Waals surface area (Å²) in [6.07, 6.45) is 4.64. The molecule has 2 rings (SSSR count). The van der Waals surface area contributed by atoms with E-state index < -0.39 is 0 Å². The second kappa shape index (κ2) is 1.71. The quantitative estimate of drug-likeness (QED) is 0.514. The predicted molar refractivity (Wildman–Crippen MR) is 39.2 cm³/mol. The van der Waals surface area contributed by atoms with Gasteiger partial charge in [0, 0.05) is 1.43 Å². The van der Waals surface area contributed by atoms with Crippen LogP contribution in [0.3, 0.4) is 0 Å². The molecule has 0 bridgehead atoms. The average molecular weight is 132 g/mol. The van der Waals surface area contributed by atoms with Gasteiger partial charge >= 0.3 is 0 Å². The monoisotopic (exact) mass is 132 g/mol. The van der Waals surface area contributed by atoms with Gasteiger partial charge in [0.1, 0.15) is 0 Å². The van der Waals surface area contributed by atoms with Crippen molar-refractivity contribution in [3.8, 4) is 0 Å². The second-order valence-corrected chi connectivity index (χ2v) is 3.83. The van der Waals surface area contributed by atoms with E-state index in [-0.39, 0.29) is 6.13 Å². The molecule has 2 fully saturated rings. The fourth-order valence-corrected chi connectivity index (χ4v) is 2.32. The van der Waals surface area contributed by atoms with Crippen LogP contribution in [0.4, 0.5) is 4.70 Å². The molecular formula is C8H17F. The van der Waals surface area contributed by atoms with Crippen LogP contribution >= 0.6 is 0 Å². The Morgan fingerprint density at radius 2 is 2.22 bits per heavy atom. The Kier molecular flexibility index (Phi) is 1.34. The summed E-state index contributed by atoms with van der Waals surface area (Å²) in [5.41, 5.74) is 0.889. The van der Waals surface area contributed by atoms with E-state index in [4.69, 9.17) is 0 Å². The molecule has 2 atom stereocenters. The molecule has 1 heteroatoms. The van der Waals surface area contributed by atoms with Crippen molar-refractivity contribution in [1.82, 2.24) is 0 Å². The highest BCUT2D eigenvalue weighted by molar-refractivity contribution is 5.11. The third-order valence-electron chi connectivity index (χ3n) is 3.39. The van der Waals surface area contributed by atoms with Crippen molar-refractivity contribution in [1.29, 1.82) is 0 Å². The molecule has 2 aliphatic carbocycles. The van der Waals surface area contributed by atoms with Gasteiger partial charge in [-0.3, -0.25) is 4.70 Å². The third kappa shape index (κ3) is 0.637. The standard InChI is InChI=1S/C8H14.FH.H2/c1-6(2)8-4-3-7(8)5-8;;/h6-7H,3-5H2,1-2H3;2*1H/t7?,8-;;/m0../s1. The van der Waals surface area contributed by atoms with E-state index >= 15 is 0 Å².